The zero-order chi connectivity index (χ0) is 11.8. The number of H-pyrrole nitrogens is 1. The van der Waals surface area contributed by atoms with Gasteiger partial charge in [0.25, 0.3) is 0 Å². The first-order chi connectivity index (χ1) is 8.29. The number of hydrogen-bond acceptors (Lipinski definition) is 2. The summed E-state index contributed by atoms with van der Waals surface area (Å²) < 4.78 is 0. The van der Waals surface area contributed by atoms with Gasteiger partial charge >= 0.3 is 0 Å². The van der Waals surface area contributed by atoms with E-state index in [0.717, 1.165) is 33.4 Å². The van der Waals surface area contributed by atoms with Gasteiger partial charge in [-0.25, -0.2) is 0 Å². The number of aryl methyl sites for hydroxylation is 1. The van der Waals surface area contributed by atoms with Crippen LogP contribution in [0.25, 0.3) is 22.0 Å². The lowest BCUT2D eigenvalue weighted by Gasteiger charge is -2.02. The van der Waals surface area contributed by atoms with Crippen molar-refractivity contribution in [2.24, 2.45) is 0 Å². The number of nitrogens with one attached hydrogen (secondary N) is 1. The molecule has 3 rings (SSSR count). The molecule has 84 valence electrons. The molecule has 0 aliphatic carbocycles. The van der Waals surface area contributed by atoms with E-state index in [4.69, 9.17) is 0 Å². The van der Waals surface area contributed by atoms with Gasteiger partial charge in [0.05, 0.1) is 4.88 Å². The van der Waals surface area contributed by atoms with Crippen molar-refractivity contribution in [2.45, 2.75) is 6.92 Å². The van der Waals surface area contributed by atoms with Gasteiger partial charge in [-0.1, -0.05) is 6.07 Å². The van der Waals surface area contributed by atoms with Crippen LogP contribution in [0.1, 0.15) is 15.2 Å². The zero-order valence-corrected chi connectivity index (χ0v) is 10.2. The van der Waals surface area contributed by atoms with Gasteiger partial charge in [-0.2, -0.15) is 0 Å². The minimum atomic E-state index is 0.803. The second kappa shape index (κ2) is 3.86. The fourth-order valence-electron chi connectivity index (χ4n) is 2.13. The highest BCUT2D eigenvalue weighted by Crippen LogP contribution is 2.32. The summed E-state index contributed by atoms with van der Waals surface area (Å²) in [6.45, 7) is 2.04. The van der Waals surface area contributed by atoms with E-state index in [9.17, 15) is 4.79 Å². The molecule has 0 aliphatic heterocycles. The number of aldehydes is 1. The number of fused-ring (bicyclic) bond motifs is 1. The summed E-state index contributed by atoms with van der Waals surface area (Å²) in [7, 11) is 0. The minimum Gasteiger partial charge on any atom is -0.361 e. The van der Waals surface area contributed by atoms with Crippen LogP contribution in [0.4, 0.5) is 0 Å². The third-order valence-corrected chi connectivity index (χ3v) is 3.98. The number of carbonyl (C=O) groups is 1. The lowest BCUT2D eigenvalue weighted by atomic mass is 10.0. The molecule has 0 atom stereocenters. The Morgan fingerprint density at radius 2 is 2.18 bits per heavy atom. The van der Waals surface area contributed by atoms with Gasteiger partial charge in [0.1, 0.15) is 0 Å². The number of hydrogen-bond donors (Lipinski definition) is 1. The lowest BCUT2D eigenvalue weighted by Crippen LogP contribution is -1.83. The van der Waals surface area contributed by atoms with Gasteiger partial charge in [-0.3, -0.25) is 4.79 Å². The van der Waals surface area contributed by atoms with Crippen LogP contribution in [0.15, 0.2) is 35.8 Å². The summed E-state index contributed by atoms with van der Waals surface area (Å²) in [5, 5.41) is 3.20. The molecular weight excluding hydrogens is 230 g/mol. The highest BCUT2D eigenvalue weighted by Gasteiger charge is 2.10. The highest BCUT2D eigenvalue weighted by atomic mass is 32.1. The van der Waals surface area contributed by atoms with E-state index in [1.54, 1.807) is 0 Å². The molecule has 0 aliphatic rings. The van der Waals surface area contributed by atoms with Crippen molar-refractivity contribution in [3.63, 3.8) is 0 Å². The minimum absolute atomic E-state index is 0.803. The van der Waals surface area contributed by atoms with Crippen molar-refractivity contribution in [3.05, 3.63) is 46.3 Å². The predicted molar refractivity (Wildman–Crippen MR) is 71.7 cm³/mol. The molecule has 0 radical (unpaired) electrons. The third kappa shape index (κ3) is 1.59. The van der Waals surface area contributed by atoms with E-state index < -0.39 is 0 Å². The maximum atomic E-state index is 11.0. The Balaban J connectivity index is 2.25. The molecule has 0 unspecified atom stereocenters. The first kappa shape index (κ1) is 10.3. The number of carbonyl (C=O) groups excluding carboxylic acids is 1. The molecule has 1 aromatic carbocycles. The van der Waals surface area contributed by atoms with Crippen molar-refractivity contribution >= 4 is 28.5 Å². The number of aromatic amines is 1. The fourth-order valence-corrected chi connectivity index (χ4v) is 3.00. The normalized spacial score (nSPS) is 10.9. The van der Waals surface area contributed by atoms with E-state index in [0.29, 0.717) is 0 Å². The molecule has 3 aromatic rings. The maximum Gasteiger partial charge on any atom is 0.160 e. The molecule has 0 bridgehead atoms. The largest absolute Gasteiger partial charge is 0.361 e. The quantitative estimate of drug-likeness (QED) is 0.675. The number of aromatic nitrogens is 1. The monoisotopic (exact) mass is 241 g/mol. The lowest BCUT2D eigenvalue weighted by molar-refractivity contribution is 0.112. The van der Waals surface area contributed by atoms with Gasteiger partial charge in [0.15, 0.2) is 6.29 Å². The van der Waals surface area contributed by atoms with Gasteiger partial charge in [0, 0.05) is 17.3 Å². The van der Waals surface area contributed by atoms with Crippen molar-refractivity contribution < 1.29 is 4.79 Å². The Morgan fingerprint density at radius 1 is 1.29 bits per heavy atom. The van der Waals surface area contributed by atoms with Gasteiger partial charge in [0.2, 0.25) is 0 Å². The van der Waals surface area contributed by atoms with Crippen molar-refractivity contribution in [2.75, 3.05) is 0 Å². The Kier molecular flexibility index (Phi) is 2.34. The van der Waals surface area contributed by atoms with Crippen LogP contribution in [0.5, 0.6) is 0 Å². The molecule has 1 N–H and O–H groups in total. The standard InChI is InChI=1S/C14H11NOS/c1-9-8-17-13(7-16)14(9)11-2-3-12-10(6-11)4-5-15-12/h2-8,15H,1H3. The van der Waals surface area contributed by atoms with Crippen LogP contribution in [0, 0.1) is 6.92 Å². The summed E-state index contributed by atoms with van der Waals surface area (Å²) in [5.74, 6) is 0. The smallest absolute Gasteiger partial charge is 0.160 e. The van der Waals surface area contributed by atoms with Crippen molar-refractivity contribution in [1.29, 1.82) is 0 Å². The first-order valence-corrected chi connectivity index (χ1v) is 6.28. The molecule has 0 amide bonds. The van der Waals surface area contributed by atoms with Crippen LogP contribution >= 0.6 is 11.3 Å². The Bertz CT molecular complexity index is 693. The Hall–Kier alpha value is -1.87. The van der Waals surface area contributed by atoms with E-state index in [-0.39, 0.29) is 0 Å². The van der Waals surface area contributed by atoms with Gasteiger partial charge in [-0.15, -0.1) is 11.3 Å². The second-order valence-corrected chi connectivity index (χ2v) is 4.97. The van der Waals surface area contributed by atoms with Crippen LogP contribution in [-0.2, 0) is 0 Å². The van der Waals surface area contributed by atoms with Crippen LogP contribution in [0.2, 0.25) is 0 Å². The molecule has 17 heavy (non-hydrogen) atoms. The van der Waals surface area contributed by atoms with Gasteiger partial charge < -0.3 is 4.98 Å². The molecule has 3 heteroatoms. The van der Waals surface area contributed by atoms with Crippen LogP contribution < -0.4 is 0 Å². The summed E-state index contributed by atoms with van der Waals surface area (Å²) in [6, 6.07) is 8.27. The Labute approximate surface area is 103 Å². The molecule has 0 spiro atoms. The van der Waals surface area contributed by atoms with Crippen molar-refractivity contribution in [1.82, 2.24) is 4.98 Å². The second-order valence-electron chi connectivity index (χ2n) is 4.06. The van der Waals surface area contributed by atoms with Gasteiger partial charge in [-0.05, 0) is 47.0 Å². The molecule has 2 nitrogen and oxygen atoms in total. The third-order valence-electron chi connectivity index (χ3n) is 2.95. The summed E-state index contributed by atoms with van der Waals surface area (Å²) in [6.07, 6.45) is 2.86. The van der Waals surface area contributed by atoms with E-state index in [1.807, 2.05) is 24.6 Å². The predicted octanol–water partition coefficient (Wildman–Crippen LogP) is 4.02. The van der Waals surface area contributed by atoms with E-state index in [2.05, 4.69) is 23.2 Å². The van der Waals surface area contributed by atoms with Crippen LogP contribution in [-0.4, -0.2) is 11.3 Å². The van der Waals surface area contributed by atoms with E-state index >= 15 is 0 Å². The highest BCUT2D eigenvalue weighted by molar-refractivity contribution is 7.12. The molecule has 0 fully saturated rings. The number of benzene rings is 1. The SMILES string of the molecule is Cc1csc(C=O)c1-c1ccc2[nH]ccc2c1. The molecule has 0 saturated heterocycles. The average molecular weight is 241 g/mol. The van der Waals surface area contributed by atoms with E-state index in [1.165, 1.54) is 16.7 Å². The molecule has 2 aromatic heterocycles. The summed E-state index contributed by atoms with van der Waals surface area (Å²) in [5.41, 5.74) is 4.45. The number of thiophene rings is 1. The summed E-state index contributed by atoms with van der Waals surface area (Å²) in [4.78, 5) is 15.0. The maximum absolute atomic E-state index is 11.0. The van der Waals surface area contributed by atoms with Crippen molar-refractivity contribution in [3.8, 4) is 11.1 Å². The topological polar surface area (TPSA) is 32.9 Å². The average Bonchev–Trinajstić information content (AvgIpc) is 2.93. The molecule has 0 saturated carbocycles. The molecular formula is C14H11NOS. The molecule has 2 heterocycles. The summed E-state index contributed by atoms with van der Waals surface area (Å²) >= 11 is 1.50. The first-order valence-electron chi connectivity index (χ1n) is 5.40. The fraction of sp³-hybridized carbons (Fsp3) is 0.0714. The van der Waals surface area contributed by atoms with Crippen LogP contribution in [0.3, 0.4) is 0 Å². The zero-order valence-electron chi connectivity index (χ0n) is 9.36. The number of rotatable bonds is 2. The Morgan fingerprint density at radius 3 is 3.00 bits per heavy atom.